The van der Waals surface area contributed by atoms with Crippen LogP contribution in [-0.2, 0) is 6.54 Å². The van der Waals surface area contributed by atoms with Gasteiger partial charge in [0, 0.05) is 32.2 Å². The highest BCUT2D eigenvalue weighted by Gasteiger charge is 2.30. The number of piperidine rings is 1. The highest BCUT2D eigenvalue weighted by atomic mass is 127. The number of halogens is 1. The Bertz CT molecular complexity index is 473. The van der Waals surface area contributed by atoms with Crippen LogP contribution in [-0.4, -0.2) is 43.1 Å². The molecule has 1 fully saturated rings. The van der Waals surface area contributed by atoms with Crippen molar-refractivity contribution in [1.29, 1.82) is 0 Å². The monoisotopic (exact) mass is 450 g/mol. The molecule has 1 saturated heterocycles. The second-order valence-electron chi connectivity index (χ2n) is 6.92. The molecule has 0 amide bonds. The van der Waals surface area contributed by atoms with Gasteiger partial charge < -0.3 is 10.6 Å². The van der Waals surface area contributed by atoms with Gasteiger partial charge in [-0.1, -0.05) is 6.92 Å². The first-order chi connectivity index (χ1) is 10.5. The van der Waals surface area contributed by atoms with E-state index in [1.165, 1.54) is 31.5 Å². The summed E-state index contributed by atoms with van der Waals surface area (Å²) < 4.78 is 0. The first-order valence-corrected chi connectivity index (χ1v) is 9.16. The molecule has 0 aliphatic carbocycles. The fraction of sp³-hybridized carbons (Fsp3) is 0.706. The molecule has 4 nitrogen and oxygen atoms in total. The minimum absolute atomic E-state index is 0. The van der Waals surface area contributed by atoms with Gasteiger partial charge in [0.15, 0.2) is 5.96 Å². The molecule has 132 valence electrons. The minimum Gasteiger partial charge on any atom is -0.355 e. The van der Waals surface area contributed by atoms with E-state index in [2.05, 4.69) is 58.1 Å². The lowest BCUT2D eigenvalue weighted by Crippen LogP contribution is -2.55. The number of nitrogens with zero attached hydrogens (tertiary/aromatic N) is 2. The number of aliphatic imine (C=N–C) groups is 1. The zero-order valence-electron chi connectivity index (χ0n) is 14.8. The van der Waals surface area contributed by atoms with Crippen molar-refractivity contribution in [3.8, 4) is 0 Å². The molecule has 1 aliphatic rings. The third-order valence-electron chi connectivity index (χ3n) is 4.47. The standard InChI is InChI=1S/C17H30N4S.HI/c1-14-6-5-8-21(11-14)17(2,3)13-20-16(18-4)19-10-15-7-9-22-12-15;/h7,9,12,14H,5-6,8,10-11,13H2,1-4H3,(H2,18,19,20);1H. The first kappa shape index (κ1) is 20.7. The molecule has 1 aliphatic heterocycles. The van der Waals surface area contributed by atoms with Gasteiger partial charge in [-0.25, -0.2) is 0 Å². The zero-order valence-corrected chi connectivity index (χ0v) is 17.9. The highest BCUT2D eigenvalue weighted by molar-refractivity contribution is 14.0. The molecule has 1 unspecified atom stereocenters. The van der Waals surface area contributed by atoms with Crippen molar-refractivity contribution in [1.82, 2.24) is 15.5 Å². The second-order valence-corrected chi connectivity index (χ2v) is 7.70. The van der Waals surface area contributed by atoms with Gasteiger partial charge in [-0.15, -0.1) is 24.0 Å². The van der Waals surface area contributed by atoms with Gasteiger partial charge in [0.05, 0.1) is 0 Å². The maximum Gasteiger partial charge on any atom is 0.191 e. The Kier molecular flexibility index (Phi) is 8.85. The van der Waals surface area contributed by atoms with E-state index in [0.29, 0.717) is 0 Å². The number of hydrogen-bond acceptors (Lipinski definition) is 3. The molecule has 1 aromatic rings. The molecule has 0 saturated carbocycles. The van der Waals surface area contributed by atoms with Gasteiger partial charge >= 0.3 is 0 Å². The van der Waals surface area contributed by atoms with Crippen molar-refractivity contribution in [2.24, 2.45) is 10.9 Å². The number of guanidine groups is 1. The van der Waals surface area contributed by atoms with Crippen LogP contribution in [0.25, 0.3) is 0 Å². The van der Waals surface area contributed by atoms with Gasteiger partial charge in [0.25, 0.3) is 0 Å². The smallest absolute Gasteiger partial charge is 0.191 e. The summed E-state index contributed by atoms with van der Waals surface area (Å²) in [6.07, 6.45) is 2.68. The summed E-state index contributed by atoms with van der Waals surface area (Å²) in [6.45, 7) is 11.1. The minimum atomic E-state index is 0. The fourth-order valence-electron chi connectivity index (χ4n) is 2.95. The number of hydrogen-bond donors (Lipinski definition) is 2. The Hall–Kier alpha value is -0.340. The van der Waals surface area contributed by atoms with E-state index >= 15 is 0 Å². The Morgan fingerprint density at radius 1 is 1.43 bits per heavy atom. The maximum absolute atomic E-state index is 4.33. The Morgan fingerprint density at radius 2 is 2.22 bits per heavy atom. The average molecular weight is 450 g/mol. The number of rotatable bonds is 5. The van der Waals surface area contributed by atoms with E-state index in [4.69, 9.17) is 0 Å². The van der Waals surface area contributed by atoms with E-state index in [9.17, 15) is 0 Å². The number of nitrogens with one attached hydrogen (secondary N) is 2. The summed E-state index contributed by atoms with van der Waals surface area (Å²) >= 11 is 1.73. The van der Waals surface area contributed by atoms with Gasteiger partial charge in [0.2, 0.25) is 0 Å². The third kappa shape index (κ3) is 6.58. The molecule has 2 rings (SSSR count). The molecule has 0 spiro atoms. The van der Waals surface area contributed by atoms with Crippen LogP contribution in [0, 0.1) is 5.92 Å². The van der Waals surface area contributed by atoms with Crippen molar-refractivity contribution in [2.75, 3.05) is 26.7 Å². The third-order valence-corrected chi connectivity index (χ3v) is 5.20. The molecule has 0 aromatic carbocycles. The van der Waals surface area contributed by atoms with E-state index in [1.54, 1.807) is 11.3 Å². The summed E-state index contributed by atoms with van der Waals surface area (Å²) in [4.78, 5) is 6.94. The second kappa shape index (κ2) is 9.84. The normalized spacial score (nSPS) is 20.0. The average Bonchev–Trinajstić information content (AvgIpc) is 3.01. The van der Waals surface area contributed by atoms with Gasteiger partial charge in [-0.2, -0.15) is 11.3 Å². The summed E-state index contributed by atoms with van der Waals surface area (Å²) in [5.41, 5.74) is 1.45. The maximum atomic E-state index is 4.33. The molecule has 23 heavy (non-hydrogen) atoms. The topological polar surface area (TPSA) is 39.7 Å². The first-order valence-electron chi connectivity index (χ1n) is 8.22. The van der Waals surface area contributed by atoms with Crippen LogP contribution in [0.3, 0.4) is 0 Å². The lowest BCUT2D eigenvalue weighted by molar-refractivity contribution is 0.0739. The highest BCUT2D eigenvalue weighted by Crippen LogP contribution is 2.23. The van der Waals surface area contributed by atoms with Crippen LogP contribution in [0.1, 0.15) is 39.2 Å². The lowest BCUT2D eigenvalue weighted by atomic mass is 9.93. The number of likely N-dealkylation sites (tertiary alicyclic amines) is 1. The summed E-state index contributed by atoms with van der Waals surface area (Å²) in [7, 11) is 1.83. The van der Waals surface area contributed by atoms with Crippen molar-refractivity contribution < 1.29 is 0 Å². The summed E-state index contributed by atoms with van der Waals surface area (Å²) in [6, 6.07) is 2.14. The number of thiophene rings is 1. The predicted octanol–water partition coefficient (Wildman–Crippen LogP) is 3.54. The molecule has 6 heteroatoms. The van der Waals surface area contributed by atoms with Crippen LogP contribution in [0.15, 0.2) is 21.8 Å². The van der Waals surface area contributed by atoms with Crippen LogP contribution >= 0.6 is 35.3 Å². The molecule has 2 heterocycles. The lowest BCUT2D eigenvalue weighted by Gasteiger charge is -2.43. The molecular formula is C17H31IN4S. The molecule has 0 bridgehead atoms. The summed E-state index contributed by atoms with van der Waals surface area (Å²) in [5.74, 6) is 1.69. The van der Waals surface area contributed by atoms with E-state index in [0.717, 1.165) is 25.0 Å². The van der Waals surface area contributed by atoms with Crippen LogP contribution in [0.2, 0.25) is 0 Å². The molecule has 2 N–H and O–H groups in total. The van der Waals surface area contributed by atoms with Gasteiger partial charge in [0.1, 0.15) is 0 Å². The Morgan fingerprint density at radius 3 is 2.83 bits per heavy atom. The van der Waals surface area contributed by atoms with Crippen molar-refractivity contribution >= 4 is 41.3 Å². The van der Waals surface area contributed by atoms with Crippen molar-refractivity contribution in [3.63, 3.8) is 0 Å². The zero-order chi connectivity index (χ0) is 16.0. The van der Waals surface area contributed by atoms with E-state index in [-0.39, 0.29) is 29.5 Å². The van der Waals surface area contributed by atoms with Crippen LogP contribution < -0.4 is 10.6 Å². The molecule has 1 aromatic heterocycles. The Labute approximate surface area is 162 Å². The van der Waals surface area contributed by atoms with Gasteiger partial charge in [-0.3, -0.25) is 9.89 Å². The van der Waals surface area contributed by atoms with E-state index < -0.39 is 0 Å². The fourth-order valence-corrected chi connectivity index (χ4v) is 3.62. The van der Waals surface area contributed by atoms with Crippen LogP contribution in [0.4, 0.5) is 0 Å². The quantitative estimate of drug-likeness (QED) is 0.410. The summed E-state index contributed by atoms with van der Waals surface area (Å²) in [5, 5.41) is 11.1. The SMILES string of the molecule is CN=C(NCc1ccsc1)NCC(C)(C)N1CCCC(C)C1.I. The van der Waals surface area contributed by atoms with Crippen LogP contribution in [0.5, 0.6) is 0 Å². The largest absolute Gasteiger partial charge is 0.355 e. The Balaban J connectivity index is 0.00000264. The van der Waals surface area contributed by atoms with Gasteiger partial charge in [-0.05, 0) is 61.5 Å². The molecular weight excluding hydrogens is 419 g/mol. The predicted molar refractivity (Wildman–Crippen MR) is 112 cm³/mol. The molecule has 1 atom stereocenters. The van der Waals surface area contributed by atoms with E-state index in [1.807, 2.05) is 7.05 Å². The molecule has 0 radical (unpaired) electrons. The van der Waals surface area contributed by atoms with Crippen molar-refractivity contribution in [2.45, 2.75) is 45.7 Å². The van der Waals surface area contributed by atoms with Crippen molar-refractivity contribution in [3.05, 3.63) is 22.4 Å².